The maximum Gasteiger partial charge on any atom is 0.0957 e. The molecule has 3 heteroatoms. The zero-order valence-corrected chi connectivity index (χ0v) is 12.6. The molecule has 1 heterocycles. The summed E-state index contributed by atoms with van der Waals surface area (Å²) in [6.45, 7) is 6.15. The summed E-state index contributed by atoms with van der Waals surface area (Å²) in [5.41, 5.74) is 5.39. The SMILES string of the molecule is CC[C@@H](O)c1ccc(N(C)c2cc(C)cc(C)c2)cn1. The standard InChI is InChI=1S/C17H22N2O/c1-5-17(20)16-7-6-14(11-18-16)19(4)15-9-12(2)8-13(3)10-15/h6-11,17,20H,5H2,1-4H3/t17-/m1/s1. The number of anilines is 2. The monoisotopic (exact) mass is 270 g/mol. The Morgan fingerprint density at radius 1 is 1.10 bits per heavy atom. The molecular formula is C17H22N2O. The Morgan fingerprint density at radius 2 is 1.75 bits per heavy atom. The van der Waals surface area contributed by atoms with E-state index in [4.69, 9.17) is 0 Å². The summed E-state index contributed by atoms with van der Waals surface area (Å²) in [6, 6.07) is 10.4. The van der Waals surface area contributed by atoms with Crippen molar-refractivity contribution in [3.8, 4) is 0 Å². The van der Waals surface area contributed by atoms with Crippen LogP contribution in [0.5, 0.6) is 0 Å². The van der Waals surface area contributed by atoms with Gasteiger partial charge in [0.25, 0.3) is 0 Å². The number of hydrogen-bond donors (Lipinski definition) is 1. The number of aromatic nitrogens is 1. The van der Waals surface area contributed by atoms with Gasteiger partial charge in [-0.3, -0.25) is 4.98 Å². The fourth-order valence-corrected chi connectivity index (χ4v) is 2.30. The van der Waals surface area contributed by atoms with E-state index in [0.717, 1.165) is 17.1 Å². The van der Waals surface area contributed by atoms with Crippen LogP contribution in [-0.2, 0) is 0 Å². The summed E-state index contributed by atoms with van der Waals surface area (Å²) in [6.07, 6.45) is 2.01. The highest BCUT2D eigenvalue weighted by atomic mass is 16.3. The van der Waals surface area contributed by atoms with E-state index in [1.807, 2.05) is 32.3 Å². The topological polar surface area (TPSA) is 36.4 Å². The van der Waals surface area contributed by atoms with Crippen molar-refractivity contribution in [3.05, 3.63) is 53.3 Å². The Labute approximate surface area is 120 Å². The zero-order chi connectivity index (χ0) is 14.7. The molecule has 1 N–H and O–H groups in total. The van der Waals surface area contributed by atoms with Crippen LogP contribution >= 0.6 is 0 Å². The maximum absolute atomic E-state index is 9.77. The van der Waals surface area contributed by atoms with Gasteiger partial charge in [-0.05, 0) is 55.7 Å². The third-order valence-corrected chi connectivity index (χ3v) is 3.48. The Bertz CT molecular complexity index is 558. The first kappa shape index (κ1) is 14.5. The number of aryl methyl sites for hydroxylation is 2. The molecule has 0 aliphatic carbocycles. The van der Waals surface area contributed by atoms with Crippen LogP contribution < -0.4 is 4.90 Å². The molecule has 3 nitrogen and oxygen atoms in total. The second-order valence-electron chi connectivity index (χ2n) is 5.27. The molecular weight excluding hydrogens is 248 g/mol. The van der Waals surface area contributed by atoms with Crippen molar-refractivity contribution in [3.63, 3.8) is 0 Å². The lowest BCUT2D eigenvalue weighted by molar-refractivity contribution is 0.169. The molecule has 106 valence electrons. The first-order valence-corrected chi connectivity index (χ1v) is 6.97. The number of rotatable bonds is 4. The Morgan fingerprint density at radius 3 is 2.25 bits per heavy atom. The minimum Gasteiger partial charge on any atom is -0.387 e. The molecule has 0 aliphatic rings. The van der Waals surface area contributed by atoms with Crippen molar-refractivity contribution in [1.29, 1.82) is 0 Å². The van der Waals surface area contributed by atoms with E-state index in [2.05, 4.69) is 41.9 Å². The predicted octanol–water partition coefficient (Wildman–Crippen LogP) is 3.91. The van der Waals surface area contributed by atoms with Gasteiger partial charge in [0, 0.05) is 12.7 Å². The number of benzene rings is 1. The van der Waals surface area contributed by atoms with Crippen LogP contribution in [0.1, 0.15) is 36.3 Å². The molecule has 0 fully saturated rings. The van der Waals surface area contributed by atoms with E-state index in [-0.39, 0.29) is 0 Å². The highest BCUT2D eigenvalue weighted by molar-refractivity contribution is 5.63. The number of nitrogens with zero attached hydrogens (tertiary/aromatic N) is 2. The average molecular weight is 270 g/mol. The van der Waals surface area contributed by atoms with Crippen molar-refractivity contribution < 1.29 is 5.11 Å². The molecule has 0 aliphatic heterocycles. The fraction of sp³-hybridized carbons (Fsp3) is 0.353. The quantitative estimate of drug-likeness (QED) is 0.915. The van der Waals surface area contributed by atoms with Gasteiger partial charge in [0.15, 0.2) is 0 Å². The zero-order valence-electron chi connectivity index (χ0n) is 12.6. The largest absolute Gasteiger partial charge is 0.387 e. The Hall–Kier alpha value is -1.87. The second-order valence-corrected chi connectivity index (χ2v) is 5.27. The van der Waals surface area contributed by atoms with Gasteiger partial charge in [0.2, 0.25) is 0 Å². The van der Waals surface area contributed by atoms with Crippen molar-refractivity contribution in [2.75, 3.05) is 11.9 Å². The second kappa shape index (κ2) is 6.06. The number of hydrogen-bond acceptors (Lipinski definition) is 3. The molecule has 0 saturated carbocycles. The lowest BCUT2D eigenvalue weighted by Gasteiger charge is -2.21. The van der Waals surface area contributed by atoms with E-state index in [9.17, 15) is 5.11 Å². The van der Waals surface area contributed by atoms with Gasteiger partial charge in [0.05, 0.1) is 23.7 Å². The van der Waals surface area contributed by atoms with E-state index < -0.39 is 6.10 Å². The molecule has 0 bridgehead atoms. The summed E-state index contributed by atoms with van der Waals surface area (Å²) < 4.78 is 0. The smallest absolute Gasteiger partial charge is 0.0957 e. The Kier molecular flexibility index (Phi) is 4.40. The third-order valence-electron chi connectivity index (χ3n) is 3.48. The van der Waals surface area contributed by atoms with Gasteiger partial charge in [-0.25, -0.2) is 0 Å². The van der Waals surface area contributed by atoms with Crippen LogP contribution in [0.4, 0.5) is 11.4 Å². The molecule has 2 aromatic rings. The van der Waals surface area contributed by atoms with E-state index >= 15 is 0 Å². The summed E-state index contributed by atoms with van der Waals surface area (Å²) in [4.78, 5) is 6.46. The van der Waals surface area contributed by atoms with Gasteiger partial charge < -0.3 is 10.0 Å². The Balaban J connectivity index is 2.26. The molecule has 1 atom stereocenters. The molecule has 0 saturated heterocycles. The van der Waals surface area contributed by atoms with Crippen molar-refractivity contribution in [2.24, 2.45) is 0 Å². The van der Waals surface area contributed by atoms with E-state index in [1.165, 1.54) is 11.1 Å². The summed E-state index contributed by atoms with van der Waals surface area (Å²) >= 11 is 0. The highest BCUT2D eigenvalue weighted by Crippen LogP contribution is 2.26. The molecule has 0 unspecified atom stereocenters. The van der Waals surface area contributed by atoms with Crippen molar-refractivity contribution >= 4 is 11.4 Å². The van der Waals surface area contributed by atoms with Crippen LogP contribution in [-0.4, -0.2) is 17.1 Å². The molecule has 1 aromatic carbocycles. The predicted molar refractivity (Wildman–Crippen MR) is 83.5 cm³/mol. The minimum atomic E-state index is -0.476. The maximum atomic E-state index is 9.77. The van der Waals surface area contributed by atoms with Crippen LogP contribution in [0.2, 0.25) is 0 Å². The lowest BCUT2D eigenvalue weighted by atomic mass is 10.1. The summed E-state index contributed by atoms with van der Waals surface area (Å²) in [5.74, 6) is 0. The van der Waals surface area contributed by atoms with Gasteiger partial charge >= 0.3 is 0 Å². The molecule has 0 spiro atoms. The molecule has 1 aromatic heterocycles. The number of pyridine rings is 1. The first-order valence-electron chi connectivity index (χ1n) is 6.97. The average Bonchev–Trinajstić information content (AvgIpc) is 2.45. The van der Waals surface area contributed by atoms with E-state index in [0.29, 0.717) is 6.42 Å². The lowest BCUT2D eigenvalue weighted by Crippen LogP contribution is -2.11. The van der Waals surface area contributed by atoms with Gasteiger partial charge in [0.1, 0.15) is 0 Å². The number of aliphatic hydroxyl groups is 1. The van der Waals surface area contributed by atoms with Gasteiger partial charge in [-0.15, -0.1) is 0 Å². The normalized spacial score (nSPS) is 12.2. The third kappa shape index (κ3) is 3.17. The summed E-state index contributed by atoms with van der Waals surface area (Å²) in [5, 5.41) is 9.77. The van der Waals surface area contributed by atoms with E-state index in [1.54, 1.807) is 0 Å². The van der Waals surface area contributed by atoms with Gasteiger partial charge in [-0.1, -0.05) is 13.0 Å². The van der Waals surface area contributed by atoms with Crippen LogP contribution in [0.3, 0.4) is 0 Å². The fourth-order valence-electron chi connectivity index (χ4n) is 2.30. The molecule has 2 rings (SSSR count). The van der Waals surface area contributed by atoms with Crippen LogP contribution in [0.25, 0.3) is 0 Å². The minimum absolute atomic E-state index is 0.476. The van der Waals surface area contributed by atoms with Crippen molar-refractivity contribution in [2.45, 2.75) is 33.3 Å². The van der Waals surface area contributed by atoms with Crippen LogP contribution in [0.15, 0.2) is 36.5 Å². The first-order chi connectivity index (χ1) is 9.51. The summed E-state index contributed by atoms with van der Waals surface area (Å²) in [7, 11) is 2.03. The van der Waals surface area contributed by atoms with Gasteiger partial charge in [-0.2, -0.15) is 0 Å². The van der Waals surface area contributed by atoms with Crippen LogP contribution in [0, 0.1) is 13.8 Å². The number of aliphatic hydroxyl groups excluding tert-OH is 1. The molecule has 0 amide bonds. The van der Waals surface area contributed by atoms with Crippen molar-refractivity contribution in [1.82, 2.24) is 4.98 Å². The highest BCUT2D eigenvalue weighted by Gasteiger charge is 2.09. The molecule has 0 radical (unpaired) electrons. The molecule has 20 heavy (non-hydrogen) atoms.